The van der Waals surface area contributed by atoms with Crippen LogP contribution in [-0.4, -0.2) is 27.5 Å². The monoisotopic (exact) mass is 538 g/mol. The van der Waals surface area contributed by atoms with Crippen LogP contribution >= 0.6 is 0 Å². The molecule has 0 aliphatic carbocycles. The second-order valence-electron chi connectivity index (χ2n) is 8.43. The molecular formula is C26H21F5NO4S+. The SMILES string of the molecule is O=S(=O)([N+]#CC1CCOC(C(c2ccc(F)cc2)c2ccc(F)cc2)C1)c1ccc(OC(F)(F)F)cc1. The van der Waals surface area contributed by atoms with Crippen molar-refractivity contribution >= 4 is 10.0 Å². The summed E-state index contributed by atoms with van der Waals surface area (Å²) in [6.07, 6.45) is -4.59. The van der Waals surface area contributed by atoms with Gasteiger partial charge >= 0.3 is 22.5 Å². The maximum Gasteiger partial charge on any atom is 0.573 e. The van der Waals surface area contributed by atoms with E-state index in [2.05, 4.69) is 15.1 Å². The van der Waals surface area contributed by atoms with Gasteiger partial charge in [-0.25, -0.2) is 8.78 Å². The number of sulfonamides is 1. The first-order valence-corrected chi connectivity index (χ1v) is 12.6. The van der Waals surface area contributed by atoms with Crippen LogP contribution in [0.15, 0.2) is 77.7 Å². The topological polar surface area (TPSA) is 57.0 Å². The molecule has 11 heteroatoms. The summed E-state index contributed by atoms with van der Waals surface area (Å²) in [4.78, 5) is -0.311. The molecule has 0 amide bonds. The second kappa shape index (κ2) is 10.9. The van der Waals surface area contributed by atoms with E-state index in [9.17, 15) is 30.4 Å². The number of rotatable bonds is 5. The van der Waals surface area contributed by atoms with Crippen molar-refractivity contribution in [2.24, 2.45) is 5.92 Å². The molecule has 5 nitrogen and oxygen atoms in total. The fraction of sp³-hybridized carbons (Fsp3) is 0.269. The molecule has 2 unspecified atom stereocenters. The van der Waals surface area contributed by atoms with E-state index in [0.717, 1.165) is 35.4 Å². The highest BCUT2D eigenvalue weighted by atomic mass is 32.2. The molecule has 0 saturated carbocycles. The zero-order chi connectivity index (χ0) is 26.6. The predicted molar refractivity (Wildman–Crippen MR) is 125 cm³/mol. The van der Waals surface area contributed by atoms with Crippen molar-refractivity contribution in [3.8, 4) is 11.8 Å². The Hall–Kier alpha value is -3.49. The van der Waals surface area contributed by atoms with Gasteiger partial charge in [-0.15, -0.1) is 21.6 Å². The summed E-state index contributed by atoms with van der Waals surface area (Å²) in [5.41, 5.74) is 1.48. The third-order valence-corrected chi connectivity index (χ3v) is 7.07. The van der Waals surface area contributed by atoms with Gasteiger partial charge in [0.05, 0.1) is 16.3 Å². The summed E-state index contributed by atoms with van der Waals surface area (Å²) in [6.45, 7) is 0.278. The summed E-state index contributed by atoms with van der Waals surface area (Å²) in [6, 6.07) is 18.1. The van der Waals surface area contributed by atoms with Gasteiger partial charge in [0, 0.05) is 12.5 Å². The largest absolute Gasteiger partial charge is 0.573 e. The van der Waals surface area contributed by atoms with E-state index in [1.54, 1.807) is 24.3 Å². The molecule has 0 N–H and O–H groups in total. The number of hydrogen-bond donors (Lipinski definition) is 0. The van der Waals surface area contributed by atoms with Gasteiger partial charge in [-0.1, -0.05) is 24.3 Å². The van der Waals surface area contributed by atoms with Crippen LogP contribution in [-0.2, 0) is 14.8 Å². The van der Waals surface area contributed by atoms with E-state index < -0.39 is 45.8 Å². The Labute approximate surface area is 210 Å². The summed E-state index contributed by atoms with van der Waals surface area (Å²) in [7, 11) is -4.22. The van der Waals surface area contributed by atoms with Gasteiger partial charge in [0.15, 0.2) is 4.90 Å². The van der Waals surface area contributed by atoms with Gasteiger partial charge in [-0.2, -0.15) is 0 Å². The van der Waals surface area contributed by atoms with E-state index in [0.29, 0.717) is 12.8 Å². The third-order valence-electron chi connectivity index (χ3n) is 5.86. The third kappa shape index (κ3) is 7.05. The van der Waals surface area contributed by atoms with E-state index in [4.69, 9.17) is 4.74 Å². The van der Waals surface area contributed by atoms with Crippen LogP contribution in [0.4, 0.5) is 22.0 Å². The normalized spacial score (nSPS) is 18.2. The highest BCUT2D eigenvalue weighted by Gasteiger charge is 2.35. The van der Waals surface area contributed by atoms with E-state index >= 15 is 0 Å². The first kappa shape index (κ1) is 26.6. The Morgan fingerprint density at radius 3 is 1.95 bits per heavy atom. The quantitative estimate of drug-likeness (QED) is 0.348. The summed E-state index contributed by atoms with van der Waals surface area (Å²) in [5.74, 6) is -2.17. The molecule has 0 spiro atoms. The number of benzene rings is 3. The first-order chi connectivity index (χ1) is 17.5. The molecule has 4 rings (SSSR count). The fourth-order valence-electron chi connectivity index (χ4n) is 4.15. The van der Waals surface area contributed by atoms with Crippen molar-refractivity contribution in [1.29, 1.82) is 0 Å². The van der Waals surface area contributed by atoms with E-state index in [1.807, 2.05) is 0 Å². The summed E-state index contributed by atoms with van der Waals surface area (Å²) < 4.78 is 103. The fourth-order valence-corrected chi connectivity index (χ4v) is 5.02. The lowest BCUT2D eigenvalue weighted by molar-refractivity contribution is -0.274. The number of ether oxygens (including phenoxy) is 2. The van der Waals surface area contributed by atoms with Gasteiger partial charge in [0.2, 0.25) is 0 Å². The van der Waals surface area contributed by atoms with Crippen LogP contribution in [0.2, 0.25) is 0 Å². The van der Waals surface area contributed by atoms with Gasteiger partial charge in [-0.05, 0) is 72.5 Å². The minimum atomic E-state index is -4.90. The lowest BCUT2D eigenvalue weighted by Gasteiger charge is -2.32. The molecule has 0 radical (unpaired) electrons. The van der Waals surface area contributed by atoms with Crippen LogP contribution in [0, 0.1) is 23.6 Å². The highest BCUT2D eigenvalue weighted by Crippen LogP contribution is 2.36. The molecule has 1 heterocycles. The maximum atomic E-state index is 13.5. The van der Waals surface area contributed by atoms with Gasteiger partial charge in [0.1, 0.15) is 17.4 Å². The molecule has 1 aliphatic rings. The van der Waals surface area contributed by atoms with Crippen molar-refractivity contribution in [3.05, 3.63) is 99.8 Å². The zero-order valence-electron chi connectivity index (χ0n) is 19.2. The number of nitrogens with zero attached hydrogens (tertiary/aromatic N) is 1. The minimum Gasteiger partial charge on any atom is -0.406 e. The van der Waals surface area contributed by atoms with Crippen molar-refractivity contribution in [2.45, 2.75) is 36.1 Å². The van der Waals surface area contributed by atoms with E-state index in [1.165, 1.54) is 24.3 Å². The zero-order valence-corrected chi connectivity index (χ0v) is 20.0. The van der Waals surface area contributed by atoms with E-state index in [-0.39, 0.29) is 17.4 Å². The predicted octanol–water partition coefficient (Wildman–Crippen LogP) is 6.51. The molecule has 194 valence electrons. The van der Waals surface area contributed by atoms with Crippen molar-refractivity contribution in [3.63, 3.8) is 0 Å². The Bertz CT molecular complexity index is 1340. The average molecular weight is 539 g/mol. The number of halogens is 5. The standard InChI is InChI=1S/C26H21F5NO4S/c27-20-5-1-18(2-6-20)25(19-3-7-21(28)8-4-19)24-15-17(13-14-35-24)16-32-37(33,34)23-11-9-22(10-12-23)36-26(29,30)31/h1-12,17,24-25H,13-15H2/q+1. The molecule has 1 fully saturated rings. The van der Waals surface area contributed by atoms with Gasteiger partial charge < -0.3 is 9.47 Å². The smallest absolute Gasteiger partial charge is 0.406 e. The summed E-state index contributed by atoms with van der Waals surface area (Å²) >= 11 is 0. The molecule has 3 aromatic rings. The molecule has 0 bridgehead atoms. The number of hydrogen-bond acceptors (Lipinski definition) is 4. The van der Waals surface area contributed by atoms with Gasteiger partial charge in [-0.3, -0.25) is 0 Å². The van der Waals surface area contributed by atoms with Crippen LogP contribution in [0.1, 0.15) is 29.9 Å². The Morgan fingerprint density at radius 1 is 0.892 bits per heavy atom. The molecule has 2 atom stereocenters. The highest BCUT2D eigenvalue weighted by molar-refractivity contribution is 7.93. The van der Waals surface area contributed by atoms with Crippen LogP contribution in [0.3, 0.4) is 0 Å². The maximum absolute atomic E-state index is 13.5. The average Bonchev–Trinajstić information content (AvgIpc) is 2.85. The minimum absolute atomic E-state index is 0.278. The molecule has 1 saturated heterocycles. The molecule has 0 aromatic heterocycles. The molecular weight excluding hydrogens is 517 g/mol. The second-order valence-corrected chi connectivity index (χ2v) is 10.0. The Kier molecular flexibility index (Phi) is 7.80. The van der Waals surface area contributed by atoms with Crippen molar-refractivity contribution in [1.82, 2.24) is 0 Å². The molecule has 37 heavy (non-hydrogen) atoms. The van der Waals surface area contributed by atoms with Crippen LogP contribution in [0.5, 0.6) is 5.75 Å². The Balaban J connectivity index is 1.54. The van der Waals surface area contributed by atoms with Crippen LogP contribution < -0.4 is 4.74 Å². The Morgan fingerprint density at radius 2 is 1.43 bits per heavy atom. The van der Waals surface area contributed by atoms with Crippen molar-refractivity contribution < 1.29 is 39.8 Å². The summed E-state index contributed by atoms with van der Waals surface area (Å²) in [5, 5.41) is 0. The van der Waals surface area contributed by atoms with Crippen LogP contribution in [0.25, 0.3) is 4.25 Å². The van der Waals surface area contributed by atoms with Gasteiger partial charge in [0.25, 0.3) is 0 Å². The number of alkyl halides is 3. The lowest BCUT2D eigenvalue weighted by atomic mass is 9.81. The van der Waals surface area contributed by atoms with Crippen molar-refractivity contribution in [2.75, 3.05) is 6.61 Å². The first-order valence-electron chi connectivity index (χ1n) is 11.2. The molecule has 1 aliphatic heterocycles. The lowest BCUT2D eigenvalue weighted by Crippen LogP contribution is -2.31. The molecule has 3 aromatic carbocycles.